The Morgan fingerprint density at radius 1 is 0.257 bits per heavy atom. The summed E-state index contributed by atoms with van der Waals surface area (Å²) < 4.78 is 181. The molecule has 4 aromatic rings. The Labute approximate surface area is 203 Å². The van der Waals surface area contributed by atoms with Crippen LogP contribution in [0.5, 0.6) is 0 Å². The zero-order valence-electron chi connectivity index (χ0n) is 16.0. The number of benzene rings is 4. The second-order valence-electron chi connectivity index (χ2n) is 6.15. The molecular formula is C20CdF14. The van der Waals surface area contributed by atoms with Crippen molar-refractivity contribution in [2.45, 2.75) is 0 Å². The Bertz CT molecular complexity index is 1390. The van der Waals surface area contributed by atoms with Crippen LogP contribution < -0.4 is 0 Å². The third-order valence-corrected chi connectivity index (χ3v) is 4.24. The summed E-state index contributed by atoms with van der Waals surface area (Å²) in [6.07, 6.45) is 0. The number of hydrogen-bond acceptors (Lipinski definition) is 0. The van der Waals surface area contributed by atoms with Gasteiger partial charge in [0.1, 0.15) is 23.3 Å². The van der Waals surface area contributed by atoms with Crippen molar-refractivity contribution >= 4 is 21.5 Å². The van der Waals surface area contributed by atoms with E-state index >= 15 is 0 Å². The van der Waals surface area contributed by atoms with E-state index in [1.807, 2.05) is 0 Å². The van der Waals surface area contributed by atoms with Crippen LogP contribution in [0.1, 0.15) is 0 Å². The molecule has 0 fully saturated rings. The third kappa shape index (κ3) is 4.51. The van der Waals surface area contributed by atoms with Gasteiger partial charge in [0.25, 0.3) is 0 Å². The van der Waals surface area contributed by atoms with Crippen LogP contribution in [0.25, 0.3) is 21.5 Å². The fraction of sp³-hybridized carbons (Fsp3) is 0. The minimum absolute atomic E-state index is 0. The van der Waals surface area contributed by atoms with Gasteiger partial charge in [-0.15, -0.1) is 12.1 Å². The summed E-state index contributed by atoms with van der Waals surface area (Å²) in [5, 5.41) is -6.31. The van der Waals surface area contributed by atoms with Gasteiger partial charge < -0.3 is 0 Å². The third-order valence-electron chi connectivity index (χ3n) is 4.24. The zero-order valence-corrected chi connectivity index (χ0v) is 20.0. The van der Waals surface area contributed by atoms with E-state index in [0.29, 0.717) is 0 Å². The molecule has 0 nitrogen and oxygen atoms in total. The normalized spacial score (nSPS) is 10.9. The van der Waals surface area contributed by atoms with Gasteiger partial charge in [-0.3, -0.25) is 8.78 Å². The Morgan fingerprint density at radius 2 is 0.486 bits per heavy atom. The average molecular weight is 619 g/mol. The van der Waals surface area contributed by atoms with E-state index in [9.17, 15) is 61.5 Å². The van der Waals surface area contributed by atoms with Crippen molar-refractivity contribution < 1.29 is 88.8 Å². The molecule has 0 saturated carbocycles. The molecule has 180 valence electrons. The molecule has 0 amide bonds. The van der Waals surface area contributed by atoms with Crippen molar-refractivity contribution in [1.29, 1.82) is 0 Å². The van der Waals surface area contributed by atoms with Crippen LogP contribution >= 0.6 is 0 Å². The van der Waals surface area contributed by atoms with Gasteiger partial charge in [-0.25, -0.2) is 52.7 Å². The monoisotopic (exact) mass is 620 g/mol. The summed E-state index contributed by atoms with van der Waals surface area (Å²) in [6, 6.07) is 2.18. The van der Waals surface area contributed by atoms with Crippen LogP contribution in [-0.4, -0.2) is 0 Å². The number of hydrogen-bond donors (Lipinski definition) is 0. The summed E-state index contributed by atoms with van der Waals surface area (Å²) in [6.45, 7) is 0. The summed E-state index contributed by atoms with van der Waals surface area (Å²) >= 11 is 0. The molecule has 15 heteroatoms. The minimum Gasteiger partial charge on any atom is -0.281 e. The predicted octanol–water partition coefficient (Wildman–Crippen LogP) is 7.22. The van der Waals surface area contributed by atoms with Crippen LogP contribution in [0.15, 0.2) is 0 Å². The zero-order chi connectivity index (χ0) is 25.8. The van der Waals surface area contributed by atoms with E-state index in [4.69, 9.17) is 0 Å². The first-order chi connectivity index (χ1) is 15.7. The van der Waals surface area contributed by atoms with E-state index < -0.39 is 103 Å². The second-order valence-corrected chi connectivity index (χ2v) is 6.15. The molecule has 0 unspecified atom stereocenters. The molecule has 0 atom stereocenters. The van der Waals surface area contributed by atoms with Gasteiger partial charge in [-0.1, -0.05) is 0 Å². The smallest absolute Gasteiger partial charge is 0.281 e. The molecular weight excluding hydrogens is 619 g/mol. The molecule has 0 aromatic heterocycles. The number of rotatable bonds is 0. The SMILES string of the molecule is Fc1[c-]c(F)c2c(F)c(F)c(F)c(F)c2c1F.Fc1[c-]c(F)c2c(F)c(F)c(F)c(F)c2c1F.[Cd+2]. The maximum absolute atomic E-state index is 13.1. The first-order valence-corrected chi connectivity index (χ1v) is 8.15. The van der Waals surface area contributed by atoms with Crippen molar-refractivity contribution in [3.8, 4) is 0 Å². The number of fused-ring (bicyclic) bond motifs is 2. The molecule has 0 bridgehead atoms. The van der Waals surface area contributed by atoms with Crippen molar-refractivity contribution in [2.24, 2.45) is 0 Å². The average Bonchev–Trinajstić information content (AvgIpc) is 2.78. The maximum Gasteiger partial charge on any atom is 2.00 e. The van der Waals surface area contributed by atoms with Crippen molar-refractivity contribution in [3.63, 3.8) is 0 Å². The molecule has 4 rings (SSSR count). The molecule has 4 aromatic carbocycles. The van der Waals surface area contributed by atoms with Crippen LogP contribution in [0.4, 0.5) is 61.5 Å². The standard InChI is InChI=1S/2C10F7.Cd/c2*11-2-1-3(12)6(13)5-4(2)7(14)9(16)10(17)8(5)15;/q2*-1;+2. The minimum atomic E-state index is -2.35. The van der Waals surface area contributed by atoms with Crippen LogP contribution in [0.3, 0.4) is 0 Å². The van der Waals surface area contributed by atoms with Gasteiger partial charge >= 0.3 is 27.3 Å². The first kappa shape index (κ1) is 28.6. The molecule has 0 aliphatic heterocycles. The van der Waals surface area contributed by atoms with Crippen molar-refractivity contribution in [3.05, 3.63) is 93.6 Å². The molecule has 0 aliphatic rings. The molecule has 0 aliphatic carbocycles. The van der Waals surface area contributed by atoms with E-state index in [2.05, 4.69) is 0 Å². The Kier molecular flexibility index (Phi) is 8.28. The fourth-order valence-corrected chi connectivity index (χ4v) is 2.73. The molecule has 35 heavy (non-hydrogen) atoms. The van der Waals surface area contributed by atoms with Gasteiger partial charge in [0.05, 0.1) is 11.6 Å². The van der Waals surface area contributed by atoms with Crippen LogP contribution in [0, 0.1) is 93.6 Å². The topological polar surface area (TPSA) is 0 Å². The predicted molar refractivity (Wildman–Crippen MR) is 85.0 cm³/mol. The maximum atomic E-state index is 13.1. The number of halogens is 14. The molecule has 0 radical (unpaired) electrons. The summed E-state index contributed by atoms with van der Waals surface area (Å²) in [5.41, 5.74) is 0. The summed E-state index contributed by atoms with van der Waals surface area (Å²) in [7, 11) is 0. The van der Waals surface area contributed by atoms with E-state index in [-0.39, 0.29) is 27.3 Å². The van der Waals surface area contributed by atoms with Gasteiger partial charge in [-0.2, -0.15) is 0 Å². The largest absolute Gasteiger partial charge is 2.00 e. The van der Waals surface area contributed by atoms with E-state index in [1.165, 1.54) is 0 Å². The Hall–Kier alpha value is -2.66. The van der Waals surface area contributed by atoms with Crippen molar-refractivity contribution in [1.82, 2.24) is 0 Å². The Morgan fingerprint density at radius 3 is 0.743 bits per heavy atom. The van der Waals surface area contributed by atoms with Crippen molar-refractivity contribution in [2.75, 3.05) is 0 Å². The van der Waals surface area contributed by atoms with E-state index in [0.717, 1.165) is 12.1 Å². The summed E-state index contributed by atoms with van der Waals surface area (Å²) in [4.78, 5) is 0. The van der Waals surface area contributed by atoms with E-state index in [1.54, 1.807) is 0 Å². The molecule has 0 saturated heterocycles. The van der Waals surface area contributed by atoms with Gasteiger partial charge in [0, 0.05) is 23.3 Å². The first-order valence-electron chi connectivity index (χ1n) is 8.15. The Balaban J connectivity index is 0.000000240. The molecule has 0 heterocycles. The van der Waals surface area contributed by atoms with Crippen LogP contribution in [-0.2, 0) is 27.3 Å². The second kappa shape index (κ2) is 10.1. The summed E-state index contributed by atoms with van der Waals surface area (Å²) in [5.74, 6) is -29.7. The quantitative estimate of drug-likeness (QED) is 0.0642. The van der Waals surface area contributed by atoms with Gasteiger partial charge in [-0.05, 0) is 21.5 Å². The molecule has 0 spiro atoms. The molecule has 0 N–H and O–H groups in total. The van der Waals surface area contributed by atoms with Crippen LogP contribution in [0.2, 0.25) is 0 Å². The van der Waals surface area contributed by atoms with Gasteiger partial charge in [0.15, 0.2) is 23.3 Å². The fourth-order valence-electron chi connectivity index (χ4n) is 2.73. The van der Waals surface area contributed by atoms with Gasteiger partial charge in [0.2, 0.25) is 0 Å².